The van der Waals surface area contributed by atoms with Crippen LogP contribution in [-0.4, -0.2) is 15.2 Å². The third kappa shape index (κ3) is 3.56. The molecule has 8 heteroatoms. The second kappa shape index (κ2) is 6.48. The highest BCUT2D eigenvalue weighted by Crippen LogP contribution is 2.13. The lowest BCUT2D eigenvalue weighted by Gasteiger charge is -2.11. The van der Waals surface area contributed by atoms with Gasteiger partial charge in [0, 0.05) is 36.6 Å². The van der Waals surface area contributed by atoms with E-state index in [4.69, 9.17) is 11.6 Å². The van der Waals surface area contributed by atoms with Crippen molar-refractivity contribution < 1.29 is 4.79 Å². The number of hydrogen-bond acceptors (Lipinski definition) is 3. The van der Waals surface area contributed by atoms with Crippen LogP contribution in [0.4, 0.5) is 10.5 Å². The van der Waals surface area contributed by atoms with E-state index in [0.29, 0.717) is 16.4 Å². The zero-order chi connectivity index (χ0) is 16.3. The number of amides is 2. The maximum absolute atomic E-state index is 11.8. The monoisotopic (exact) mass is 322 g/mol. The fraction of sp³-hybridized carbons (Fsp3) is 0.214. The van der Waals surface area contributed by atoms with Gasteiger partial charge in [-0.3, -0.25) is 13.9 Å². The maximum Gasteiger partial charge on any atom is 0.330 e. The Bertz CT molecular complexity index is 808. The Kier molecular flexibility index (Phi) is 4.67. The highest BCUT2D eigenvalue weighted by atomic mass is 35.5. The number of aromatic nitrogens is 2. The van der Waals surface area contributed by atoms with Gasteiger partial charge < -0.3 is 10.6 Å². The van der Waals surface area contributed by atoms with Crippen LogP contribution in [0.15, 0.2) is 39.9 Å². The van der Waals surface area contributed by atoms with Gasteiger partial charge in [0.2, 0.25) is 0 Å². The largest absolute Gasteiger partial charge is 0.332 e. The van der Waals surface area contributed by atoms with Gasteiger partial charge in [-0.1, -0.05) is 11.6 Å². The van der Waals surface area contributed by atoms with Gasteiger partial charge in [0.1, 0.15) is 0 Å². The smallest absolute Gasteiger partial charge is 0.330 e. The predicted octanol–water partition coefficient (Wildman–Crippen LogP) is 1.06. The number of nitrogens with zero attached hydrogens (tertiary/aromatic N) is 2. The molecule has 0 radical (unpaired) electrons. The molecule has 1 heterocycles. The molecule has 2 amide bonds. The highest BCUT2D eigenvalue weighted by molar-refractivity contribution is 6.30. The van der Waals surface area contributed by atoms with Gasteiger partial charge >= 0.3 is 11.7 Å². The van der Waals surface area contributed by atoms with E-state index in [9.17, 15) is 14.4 Å². The van der Waals surface area contributed by atoms with Crippen LogP contribution in [0.5, 0.6) is 0 Å². The highest BCUT2D eigenvalue weighted by Gasteiger charge is 2.07. The Morgan fingerprint density at radius 2 is 1.77 bits per heavy atom. The number of anilines is 1. The normalized spacial score (nSPS) is 10.3. The molecule has 2 rings (SSSR count). The third-order valence-electron chi connectivity index (χ3n) is 3.16. The minimum Gasteiger partial charge on any atom is -0.332 e. The van der Waals surface area contributed by atoms with Crippen LogP contribution in [-0.2, 0) is 20.6 Å². The summed E-state index contributed by atoms with van der Waals surface area (Å²) in [7, 11) is 2.94. The molecule has 1 aromatic carbocycles. The summed E-state index contributed by atoms with van der Waals surface area (Å²) in [6.07, 6.45) is 0. The van der Waals surface area contributed by atoms with Crippen LogP contribution in [0, 0.1) is 0 Å². The molecule has 0 aliphatic carbocycles. The quantitative estimate of drug-likeness (QED) is 0.886. The molecule has 0 bridgehead atoms. The lowest BCUT2D eigenvalue weighted by molar-refractivity contribution is 0.251. The molecule has 0 aliphatic heterocycles. The van der Waals surface area contributed by atoms with Crippen LogP contribution >= 0.6 is 11.6 Å². The van der Waals surface area contributed by atoms with Gasteiger partial charge in [0.25, 0.3) is 5.56 Å². The molecule has 0 fully saturated rings. The Morgan fingerprint density at radius 3 is 2.41 bits per heavy atom. The fourth-order valence-electron chi connectivity index (χ4n) is 1.83. The summed E-state index contributed by atoms with van der Waals surface area (Å²) in [4.78, 5) is 35.1. The van der Waals surface area contributed by atoms with E-state index < -0.39 is 17.3 Å². The van der Waals surface area contributed by atoms with Gasteiger partial charge in [0.15, 0.2) is 0 Å². The van der Waals surface area contributed by atoms with Crippen LogP contribution in [0.2, 0.25) is 5.02 Å². The van der Waals surface area contributed by atoms with Crippen molar-refractivity contribution in [2.75, 3.05) is 5.32 Å². The van der Waals surface area contributed by atoms with Crippen LogP contribution in [0.25, 0.3) is 0 Å². The average molecular weight is 323 g/mol. The summed E-state index contributed by atoms with van der Waals surface area (Å²) in [6, 6.07) is 7.50. The first-order chi connectivity index (χ1) is 10.4. The first-order valence-corrected chi connectivity index (χ1v) is 6.82. The molecule has 0 atom stereocenters. The van der Waals surface area contributed by atoms with E-state index in [0.717, 1.165) is 4.57 Å². The topological polar surface area (TPSA) is 85.1 Å². The van der Waals surface area contributed by atoms with Crippen molar-refractivity contribution in [1.29, 1.82) is 0 Å². The molecular weight excluding hydrogens is 308 g/mol. The van der Waals surface area contributed by atoms with Crippen LogP contribution < -0.4 is 21.9 Å². The first-order valence-electron chi connectivity index (χ1n) is 6.45. The van der Waals surface area contributed by atoms with Crippen molar-refractivity contribution in [2.24, 2.45) is 14.1 Å². The Balaban J connectivity index is 2.04. The number of benzene rings is 1. The molecule has 0 unspecified atom stereocenters. The molecule has 0 saturated carbocycles. The molecular formula is C14H15ClN4O3. The Morgan fingerprint density at radius 1 is 1.14 bits per heavy atom. The van der Waals surface area contributed by atoms with E-state index >= 15 is 0 Å². The first kappa shape index (κ1) is 15.8. The summed E-state index contributed by atoms with van der Waals surface area (Å²) < 4.78 is 2.31. The number of halogens is 1. The minimum absolute atomic E-state index is 0.0568. The van der Waals surface area contributed by atoms with Gasteiger partial charge in [-0.15, -0.1) is 0 Å². The zero-order valence-corrected chi connectivity index (χ0v) is 12.8. The summed E-state index contributed by atoms with van der Waals surface area (Å²) >= 11 is 5.76. The maximum atomic E-state index is 11.8. The lowest BCUT2D eigenvalue weighted by atomic mass is 10.3. The second-order valence-electron chi connectivity index (χ2n) is 4.69. The molecule has 0 spiro atoms. The average Bonchev–Trinajstić information content (AvgIpc) is 2.50. The number of hydrogen-bond donors (Lipinski definition) is 2. The van der Waals surface area contributed by atoms with Crippen molar-refractivity contribution >= 4 is 23.3 Å². The van der Waals surface area contributed by atoms with E-state index in [1.165, 1.54) is 24.7 Å². The van der Waals surface area contributed by atoms with Gasteiger partial charge in [-0.25, -0.2) is 9.59 Å². The molecule has 7 nitrogen and oxygen atoms in total. The molecule has 0 saturated heterocycles. The molecule has 22 heavy (non-hydrogen) atoms. The molecule has 2 aromatic rings. The minimum atomic E-state index is -0.449. The summed E-state index contributed by atoms with van der Waals surface area (Å²) in [6.45, 7) is 0.0568. The number of urea groups is 1. The second-order valence-corrected chi connectivity index (χ2v) is 5.13. The van der Waals surface area contributed by atoms with Crippen molar-refractivity contribution in [2.45, 2.75) is 6.54 Å². The number of rotatable bonds is 3. The zero-order valence-electron chi connectivity index (χ0n) is 12.1. The molecule has 0 aliphatic rings. The van der Waals surface area contributed by atoms with Gasteiger partial charge in [-0.05, 0) is 24.3 Å². The van der Waals surface area contributed by atoms with E-state index in [1.54, 1.807) is 24.3 Å². The van der Waals surface area contributed by atoms with Gasteiger partial charge in [0.05, 0.1) is 6.54 Å². The van der Waals surface area contributed by atoms with E-state index in [1.807, 2.05) is 0 Å². The SMILES string of the molecule is Cn1c(CNC(=O)Nc2ccc(Cl)cc2)cc(=O)n(C)c1=O. The summed E-state index contributed by atoms with van der Waals surface area (Å²) in [5, 5.41) is 5.78. The number of nitrogens with one attached hydrogen (secondary N) is 2. The summed E-state index contributed by atoms with van der Waals surface area (Å²) in [5.41, 5.74) is 0.138. The molecule has 116 valence electrons. The molecule has 1 aromatic heterocycles. The summed E-state index contributed by atoms with van der Waals surface area (Å²) in [5.74, 6) is 0. The lowest BCUT2D eigenvalue weighted by Crippen LogP contribution is -2.40. The standard InChI is InChI=1S/C14H15ClN4O3/c1-18-11(7-12(20)19(2)14(18)22)8-16-13(21)17-10-5-3-9(15)4-6-10/h3-7H,8H2,1-2H3,(H2,16,17,21). The van der Waals surface area contributed by atoms with Crippen molar-refractivity contribution in [3.8, 4) is 0 Å². The number of carbonyl (C=O) groups is 1. The van der Waals surface area contributed by atoms with E-state index in [2.05, 4.69) is 10.6 Å². The van der Waals surface area contributed by atoms with E-state index in [-0.39, 0.29) is 6.54 Å². The predicted molar refractivity (Wildman–Crippen MR) is 84.2 cm³/mol. The van der Waals surface area contributed by atoms with Crippen LogP contribution in [0.3, 0.4) is 0 Å². The Hall–Kier alpha value is -2.54. The van der Waals surface area contributed by atoms with Crippen molar-refractivity contribution in [3.63, 3.8) is 0 Å². The molecule has 2 N–H and O–H groups in total. The third-order valence-corrected chi connectivity index (χ3v) is 3.41. The Labute approximate surface area is 131 Å². The number of carbonyl (C=O) groups excluding carboxylic acids is 1. The van der Waals surface area contributed by atoms with Gasteiger partial charge in [-0.2, -0.15) is 0 Å². The van der Waals surface area contributed by atoms with Crippen molar-refractivity contribution in [1.82, 2.24) is 14.5 Å². The van der Waals surface area contributed by atoms with Crippen LogP contribution in [0.1, 0.15) is 5.69 Å². The fourth-order valence-corrected chi connectivity index (χ4v) is 1.95. The van der Waals surface area contributed by atoms with Crippen molar-refractivity contribution in [3.05, 3.63) is 61.9 Å².